The second kappa shape index (κ2) is 14.8. The summed E-state index contributed by atoms with van der Waals surface area (Å²) in [5.74, 6) is -0.190. The quantitative estimate of drug-likeness (QED) is 0.288. The number of amides is 2. The van der Waals surface area contributed by atoms with E-state index in [1.54, 1.807) is 0 Å². The van der Waals surface area contributed by atoms with Crippen LogP contribution in [0.25, 0.3) is 0 Å². The topological polar surface area (TPSA) is 103 Å². The summed E-state index contributed by atoms with van der Waals surface area (Å²) in [5.41, 5.74) is 12.2. The molecule has 45 heavy (non-hydrogen) atoms. The van der Waals surface area contributed by atoms with Gasteiger partial charge in [-0.3, -0.25) is 9.59 Å². The van der Waals surface area contributed by atoms with Crippen molar-refractivity contribution in [2.24, 2.45) is 5.73 Å². The van der Waals surface area contributed by atoms with E-state index in [4.69, 9.17) is 17.3 Å². The van der Waals surface area contributed by atoms with Crippen LogP contribution in [-0.4, -0.2) is 67.1 Å². The Labute approximate surface area is 271 Å². The number of hydrogen-bond acceptors (Lipinski definition) is 6. The Kier molecular flexibility index (Phi) is 10.4. The number of nitrogens with one attached hydrogen (secondary N) is 3. The van der Waals surface area contributed by atoms with Crippen molar-refractivity contribution in [3.8, 4) is 0 Å². The molecular formula is C36H45ClN6O2. The van der Waals surface area contributed by atoms with E-state index in [0.29, 0.717) is 43.5 Å². The summed E-state index contributed by atoms with van der Waals surface area (Å²) in [6.45, 7) is 4.06. The number of benzene rings is 3. The van der Waals surface area contributed by atoms with Crippen LogP contribution >= 0.6 is 11.6 Å². The highest BCUT2D eigenvalue weighted by molar-refractivity contribution is 6.30. The first kappa shape index (κ1) is 31.5. The van der Waals surface area contributed by atoms with E-state index in [1.165, 1.54) is 35.2 Å². The number of para-hydroxylation sites is 1. The molecule has 1 saturated carbocycles. The van der Waals surface area contributed by atoms with Gasteiger partial charge in [-0.15, -0.1) is 0 Å². The number of nitrogens with two attached hydrogens (primary N) is 1. The number of anilines is 1. The largest absolute Gasteiger partial charge is 0.368 e. The molecule has 0 spiro atoms. The van der Waals surface area contributed by atoms with Crippen LogP contribution in [0.1, 0.15) is 47.9 Å². The molecule has 0 unspecified atom stereocenters. The Morgan fingerprint density at radius 2 is 1.62 bits per heavy atom. The van der Waals surface area contributed by atoms with Crippen molar-refractivity contribution in [2.45, 2.75) is 75.8 Å². The van der Waals surface area contributed by atoms with Gasteiger partial charge in [0.2, 0.25) is 11.8 Å². The van der Waals surface area contributed by atoms with Gasteiger partial charge in [-0.05, 0) is 59.7 Å². The van der Waals surface area contributed by atoms with Crippen molar-refractivity contribution >= 4 is 29.1 Å². The summed E-state index contributed by atoms with van der Waals surface area (Å²) >= 11 is 6.13. The molecule has 8 nitrogen and oxygen atoms in total. The van der Waals surface area contributed by atoms with E-state index in [2.05, 4.69) is 57.2 Å². The minimum Gasteiger partial charge on any atom is -0.368 e. The Bertz CT molecular complexity index is 1460. The molecule has 0 bridgehead atoms. The maximum Gasteiger partial charge on any atom is 0.245 e. The summed E-state index contributed by atoms with van der Waals surface area (Å²) < 4.78 is 0. The zero-order chi connectivity index (χ0) is 31.2. The lowest BCUT2D eigenvalue weighted by molar-refractivity contribution is -0.137. The molecule has 0 aromatic heterocycles. The monoisotopic (exact) mass is 628 g/mol. The first-order valence-electron chi connectivity index (χ1n) is 16.4. The van der Waals surface area contributed by atoms with Gasteiger partial charge >= 0.3 is 0 Å². The van der Waals surface area contributed by atoms with Gasteiger partial charge in [-0.25, -0.2) is 0 Å². The fraction of sp³-hybridized carbons (Fsp3) is 0.444. The number of carbonyl (C=O) groups is 2. The molecule has 3 aliphatic rings. The van der Waals surface area contributed by atoms with Crippen molar-refractivity contribution in [3.05, 3.63) is 100 Å². The third kappa shape index (κ3) is 7.87. The van der Waals surface area contributed by atoms with Crippen molar-refractivity contribution in [1.82, 2.24) is 20.9 Å². The number of hydrogen-bond donors (Lipinski definition) is 4. The summed E-state index contributed by atoms with van der Waals surface area (Å²) in [6.07, 6.45) is 5.66. The number of carbonyl (C=O) groups excluding carboxylic acids is 2. The molecule has 5 N–H and O–H groups in total. The SMILES string of the molecule is N[C@H]1CCCC[C@@H]1NCc1ccccc1N1CCN(C(=O)[C@@H](Cc2ccc(Cl)cc2)NC(=O)[C@H]2Cc3ccccc3CN2)CC1. The van der Waals surface area contributed by atoms with E-state index in [1.807, 2.05) is 41.3 Å². The number of halogens is 1. The molecule has 2 fully saturated rings. The van der Waals surface area contributed by atoms with Gasteiger partial charge in [-0.2, -0.15) is 0 Å². The predicted octanol–water partition coefficient (Wildman–Crippen LogP) is 3.79. The molecule has 6 rings (SSSR count). The summed E-state index contributed by atoms with van der Waals surface area (Å²) in [6, 6.07) is 23.7. The van der Waals surface area contributed by atoms with Gasteiger partial charge in [0.05, 0.1) is 6.04 Å². The Morgan fingerprint density at radius 1 is 0.911 bits per heavy atom. The highest BCUT2D eigenvalue weighted by atomic mass is 35.5. The lowest BCUT2D eigenvalue weighted by atomic mass is 9.91. The van der Waals surface area contributed by atoms with Crippen molar-refractivity contribution in [3.63, 3.8) is 0 Å². The molecule has 2 amide bonds. The molecule has 2 aliphatic heterocycles. The number of piperazine rings is 1. The molecule has 3 aromatic carbocycles. The van der Waals surface area contributed by atoms with Crippen LogP contribution in [0.2, 0.25) is 5.02 Å². The zero-order valence-electron chi connectivity index (χ0n) is 25.9. The van der Waals surface area contributed by atoms with E-state index in [-0.39, 0.29) is 23.9 Å². The summed E-state index contributed by atoms with van der Waals surface area (Å²) in [5, 5.41) is 10.8. The van der Waals surface area contributed by atoms with Crippen LogP contribution in [0, 0.1) is 0 Å². The van der Waals surface area contributed by atoms with Crippen molar-refractivity contribution < 1.29 is 9.59 Å². The number of nitrogens with zero attached hydrogens (tertiary/aromatic N) is 2. The Hall–Kier alpha value is -3.43. The molecule has 0 radical (unpaired) electrons. The highest BCUT2D eigenvalue weighted by Crippen LogP contribution is 2.24. The summed E-state index contributed by atoms with van der Waals surface area (Å²) in [4.78, 5) is 31.8. The second-order valence-electron chi connectivity index (χ2n) is 12.7. The minimum atomic E-state index is -0.666. The van der Waals surface area contributed by atoms with E-state index in [0.717, 1.165) is 38.0 Å². The average molecular weight is 629 g/mol. The molecule has 9 heteroatoms. The van der Waals surface area contributed by atoms with Crippen LogP contribution in [-0.2, 0) is 35.5 Å². The predicted molar refractivity (Wildman–Crippen MR) is 180 cm³/mol. The van der Waals surface area contributed by atoms with Gasteiger partial charge in [-0.1, -0.05) is 79.0 Å². The lowest BCUT2D eigenvalue weighted by Gasteiger charge is -2.39. The van der Waals surface area contributed by atoms with Crippen LogP contribution in [0.15, 0.2) is 72.8 Å². The maximum atomic E-state index is 14.0. The van der Waals surface area contributed by atoms with Gasteiger partial charge in [0.1, 0.15) is 6.04 Å². The Balaban J connectivity index is 1.10. The fourth-order valence-electron chi connectivity index (χ4n) is 6.98. The van der Waals surface area contributed by atoms with Crippen LogP contribution in [0.4, 0.5) is 5.69 Å². The zero-order valence-corrected chi connectivity index (χ0v) is 26.6. The molecule has 2 heterocycles. The molecule has 1 aliphatic carbocycles. The highest BCUT2D eigenvalue weighted by Gasteiger charge is 2.32. The minimum absolute atomic E-state index is 0.0459. The van der Waals surface area contributed by atoms with Crippen molar-refractivity contribution in [1.29, 1.82) is 0 Å². The normalized spacial score (nSPS) is 22.4. The molecule has 238 valence electrons. The van der Waals surface area contributed by atoms with Crippen molar-refractivity contribution in [2.75, 3.05) is 31.1 Å². The number of rotatable bonds is 9. The molecule has 3 aromatic rings. The average Bonchev–Trinajstić information content (AvgIpc) is 3.08. The third-order valence-electron chi connectivity index (χ3n) is 9.66. The second-order valence-corrected chi connectivity index (χ2v) is 13.1. The first-order chi connectivity index (χ1) is 21.9. The number of fused-ring (bicyclic) bond motifs is 1. The van der Waals surface area contributed by atoms with Gasteiger partial charge in [0, 0.05) is 68.5 Å². The first-order valence-corrected chi connectivity index (χ1v) is 16.8. The molecule has 1 saturated heterocycles. The summed E-state index contributed by atoms with van der Waals surface area (Å²) in [7, 11) is 0. The smallest absolute Gasteiger partial charge is 0.245 e. The van der Waals surface area contributed by atoms with Gasteiger partial charge in [0.15, 0.2) is 0 Å². The van der Waals surface area contributed by atoms with Crippen LogP contribution in [0.5, 0.6) is 0 Å². The standard InChI is InChI=1S/C36H45ClN6O2/c37-29-15-13-25(14-16-29)21-33(41-35(44)32-22-26-7-1-2-8-27(26)23-40-32)36(45)43-19-17-42(18-20-43)34-12-6-3-9-28(34)24-39-31-11-5-4-10-30(31)38/h1-3,6-9,12-16,30-33,39-40H,4-5,10-11,17-24,38H2,(H,41,44)/t30-,31-,32+,33+/m0/s1. The van der Waals surface area contributed by atoms with E-state index >= 15 is 0 Å². The third-order valence-corrected chi connectivity index (χ3v) is 9.92. The molecule has 4 atom stereocenters. The van der Waals surface area contributed by atoms with Crippen LogP contribution in [0.3, 0.4) is 0 Å². The Morgan fingerprint density at radius 3 is 2.40 bits per heavy atom. The fourth-order valence-corrected chi connectivity index (χ4v) is 7.11. The maximum absolute atomic E-state index is 14.0. The van der Waals surface area contributed by atoms with Gasteiger partial charge < -0.3 is 31.5 Å². The molecular weight excluding hydrogens is 584 g/mol. The lowest BCUT2D eigenvalue weighted by Crippen LogP contribution is -2.58. The van der Waals surface area contributed by atoms with Crippen LogP contribution < -0.4 is 26.6 Å². The van der Waals surface area contributed by atoms with E-state index in [9.17, 15) is 9.59 Å². The van der Waals surface area contributed by atoms with Gasteiger partial charge in [0.25, 0.3) is 0 Å². The van der Waals surface area contributed by atoms with E-state index < -0.39 is 6.04 Å².